The van der Waals surface area contributed by atoms with Crippen LogP contribution in [0.2, 0.25) is 0 Å². The van der Waals surface area contributed by atoms with Gasteiger partial charge in [0.2, 0.25) is 0 Å². The van der Waals surface area contributed by atoms with E-state index in [9.17, 15) is 4.79 Å². The molecule has 1 unspecified atom stereocenters. The number of para-hydroxylation sites is 1. The second-order valence-electron chi connectivity index (χ2n) is 7.70. The Morgan fingerprint density at radius 3 is 2.96 bits per heavy atom. The van der Waals surface area contributed by atoms with Crippen molar-refractivity contribution in [2.45, 2.75) is 43.7 Å². The molecule has 130 valence electrons. The van der Waals surface area contributed by atoms with Crippen molar-refractivity contribution in [3.05, 3.63) is 35.9 Å². The van der Waals surface area contributed by atoms with Gasteiger partial charge in [0.25, 0.3) is 5.91 Å². The van der Waals surface area contributed by atoms with Gasteiger partial charge in [-0.3, -0.25) is 4.79 Å². The monoisotopic (exact) mass is 336 g/mol. The first-order chi connectivity index (χ1) is 12.3. The van der Waals surface area contributed by atoms with Crippen LogP contribution >= 0.6 is 0 Å². The summed E-state index contributed by atoms with van der Waals surface area (Å²) in [7, 11) is 0. The summed E-state index contributed by atoms with van der Waals surface area (Å²) in [6, 6.07) is 10.4. The Balaban J connectivity index is 1.60. The highest BCUT2D eigenvalue weighted by Crippen LogP contribution is 2.38. The maximum Gasteiger partial charge on any atom is 0.252 e. The predicted molar refractivity (Wildman–Crippen MR) is 99.0 cm³/mol. The number of anilines is 1. The number of pyridine rings is 1. The molecule has 1 aromatic heterocycles. The summed E-state index contributed by atoms with van der Waals surface area (Å²) in [6.45, 7) is 3.11. The zero-order chi connectivity index (χ0) is 16.9. The smallest absolute Gasteiger partial charge is 0.252 e. The highest BCUT2D eigenvalue weighted by atomic mass is 16.1. The molecule has 1 amide bonds. The van der Waals surface area contributed by atoms with Gasteiger partial charge in [0, 0.05) is 24.5 Å². The largest absolute Gasteiger partial charge is 0.350 e. The lowest BCUT2D eigenvalue weighted by atomic mass is 9.95. The van der Waals surface area contributed by atoms with E-state index in [2.05, 4.69) is 15.5 Å². The van der Waals surface area contributed by atoms with Crippen molar-refractivity contribution < 1.29 is 4.79 Å². The van der Waals surface area contributed by atoms with Gasteiger partial charge in [-0.25, -0.2) is 4.98 Å². The molecule has 2 N–H and O–H groups in total. The molecule has 1 aromatic carbocycles. The number of amides is 1. The fourth-order valence-electron chi connectivity index (χ4n) is 4.45. The number of fused-ring (bicyclic) bond motifs is 1. The molecular weight excluding hydrogens is 312 g/mol. The minimum atomic E-state index is 0.0418. The van der Waals surface area contributed by atoms with E-state index in [4.69, 9.17) is 4.98 Å². The van der Waals surface area contributed by atoms with Crippen molar-refractivity contribution in [3.8, 4) is 0 Å². The van der Waals surface area contributed by atoms with Gasteiger partial charge in [-0.05, 0) is 50.8 Å². The Kier molecular flexibility index (Phi) is 3.45. The van der Waals surface area contributed by atoms with E-state index in [-0.39, 0.29) is 11.4 Å². The first-order valence-corrected chi connectivity index (χ1v) is 9.44. The molecular formula is C20H24N4O. The Morgan fingerprint density at radius 2 is 2.16 bits per heavy atom. The summed E-state index contributed by atoms with van der Waals surface area (Å²) in [5.74, 6) is 1.00. The second-order valence-corrected chi connectivity index (χ2v) is 7.70. The van der Waals surface area contributed by atoms with E-state index in [1.807, 2.05) is 30.3 Å². The van der Waals surface area contributed by atoms with Gasteiger partial charge in [-0.2, -0.15) is 0 Å². The number of benzene rings is 1. The molecule has 5 heteroatoms. The van der Waals surface area contributed by atoms with Crippen molar-refractivity contribution in [3.63, 3.8) is 0 Å². The first-order valence-electron chi connectivity index (χ1n) is 9.44. The van der Waals surface area contributed by atoms with Crippen LogP contribution in [0.25, 0.3) is 10.9 Å². The van der Waals surface area contributed by atoms with Crippen LogP contribution in [-0.2, 0) is 0 Å². The lowest BCUT2D eigenvalue weighted by molar-refractivity contribution is 0.0952. The second kappa shape index (κ2) is 5.70. The molecule has 2 aromatic rings. The topological polar surface area (TPSA) is 57.3 Å². The van der Waals surface area contributed by atoms with Gasteiger partial charge in [-0.15, -0.1) is 0 Å². The molecule has 0 radical (unpaired) electrons. The maximum atomic E-state index is 12.8. The fraction of sp³-hybridized carbons (Fsp3) is 0.500. The third-order valence-electron chi connectivity index (χ3n) is 5.95. The van der Waals surface area contributed by atoms with Crippen LogP contribution in [-0.4, -0.2) is 42.1 Å². The predicted octanol–water partition coefficient (Wildman–Crippen LogP) is 2.46. The summed E-state index contributed by atoms with van der Waals surface area (Å²) in [5, 5.41) is 7.60. The Labute approximate surface area is 147 Å². The number of rotatable bonds is 3. The van der Waals surface area contributed by atoms with E-state index < -0.39 is 0 Å². The Morgan fingerprint density at radius 1 is 1.28 bits per heavy atom. The van der Waals surface area contributed by atoms with Crippen LogP contribution in [0.5, 0.6) is 0 Å². The third-order valence-corrected chi connectivity index (χ3v) is 5.95. The van der Waals surface area contributed by atoms with Crippen LogP contribution in [0.3, 0.4) is 0 Å². The minimum absolute atomic E-state index is 0.0418. The highest BCUT2D eigenvalue weighted by Gasteiger charge is 2.44. The summed E-state index contributed by atoms with van der Waals surface area (Å²) in [5.41, 5.74) is 1.86. The lowest BCUT2D eigenvalue weighted by Crippen LogP contribution is -2.46. The molecule has 3 heterocycles. The average Bonchev–Trinajstić information content (AvgIpc) is 3.17. The van der Waals surface area contributed by atoms with E-state index in [1.54, 1.807) is 0 Å². The number of carbonyl (C=O) groups is 1. The molecule has 5 nitrogen and oxygen atoms in total. The lowest BCUT2D eigenvalue weighted by Gasteiger charge is -2.35. The number of nitrogens with zero attached hydrogens (tertiary/aromatic N) is 2. The van der Waals surface area contributed by atoms with Crippen molar-refractivity contribution in [2.75, 3.05) is 24.5 Å². The molecule has 0 bridgehead atoms. The zero-order valence-electron chi connectivity index (χ0n) is 14.4. The molecule has 1 saturated carbocycles. The molecule has 3 fully saturated rings. The number of hydrogen-bond acceptors (Lipinski definition) is 4. The van der Waals surface area contributed by atoms with Gasteiger partial charge in [0.1, 0.15) is 5.82 Å². The normalized spacial score (nSPS) is 25.8. The van der Waals surface area contributed by atoms with E-state index in [1.165, 1.54) is 12.8 Å². The molecule has 2 aliphatic heterocycles. The zero-order valence-corrected chi connectivity index (χ0v) is 14.4. The van der Waals surface area contributed by atoms with Gasteiger partial charge >= 0.3 is 0 Å². The summed E-state index contributed by atoms with van der Waals surface area (Å²) in [6.07, 6.45) is 5.76. The van der Waals surface area contributed by atoms with Gasteiger partial charge < -0.3 is 15.5 Å². The molecule has 1 atom stereocenters. The highest BCUT2D eigenvalue weighted by molar-refractivity contribution is 6.07. The minimum Gasteiger partial charge on any atom is -0.350 e. The number of carbonyl (C=O) groups excluding carboxylic acids is 1. The third kappa shape index (κ3) is 2.58. The quantitative estimate of drug-likeness (QED) is 0.904. The van der Waals surface area contributed by atoms with Crippen molar-refractivity contribution in [1.82, 2.24) is 15.6 Å². The maximum absolute atomic E-state index is 12.8. The van der Waals surface area contributed by atoms with E-state index >= 15 is 0 Å². The summed E-state index contributed by atoms with van der Waals surface area (Å²) >= 11 is 0. The molecule has 1 spiro atoms. The fourth-order valence-corrected chi connectivity index (χ4v) is 4.45. The molecule has 5 rings (SSSR count). The van der Waals surface area contributed by atoms with Gasteiger partial charge in [-0.1, -0.05) is 18.2 Å². The Hall–Kier alpha value is -2.14. The van der Waals surface area contributed by atoms with Crippen LogP contribution in [0.4, 0.5) is 5.82 Å². The van der Waals surface area contributed by atoms with Gasteiger partial charge in [0.05, 0.1) is 16.6 Å². The van der Waals surface area contributed by atoms with Crippen LogP contribution in [0, 0.1) is 0 Å². The molecule has 25 heavy (non-hydrogen) atoms. The number of nitrogens with one attached hydrogen (secondary N) is 2. The molecule has 1 aliphatic carbocycles. The summed E-state index contributed by atoms with van der Waals surface area (Å²) < 4.78 is 0. The van der Waals surface area contributed by atoms with Crippen molar-refractivity contribution in [2.24, 2.45) is 0 Å². The van der Waals surface area contributed by atoms with E-state index in [0.29, 0.717) is 6.04 Å². The first kappa shape index (κ1) is 15.1. The standard InChI is InChI=1S/C20H24N4O/c25-19(22-14-6-7-14)16-12-18(23-17-5-2-1-4-15(16)17)24-11-3-8-20(24)9-10-21-13-20/h1-2,4-5,12,14,21H,3,6-11,13H2,(H,22,25). The summed E-state index contributed by atoms with van der Waals surface area (Å²) in [4.78, 5) is 20.2. The van der Waals surface area contributed by atoms with Crippen LogP contribution < -0.4 is 15.5 Å². The van der Waals surface area contributed by atoms with E-state index in [0.717, 1.165) is 61.2 Å². The number of aromatic nitrogens is 1. The SMILES string of the molecule is O=C(NC1CC1)c1cc(N2CCCC23CCNC3)nc2ccccc12. The van der Waals surface area contributed by atoms with Gasteiger partial charge in [0.15, 0.2) is 0 Å². The van der Waals surface area contributed by atoms with Crippen molar-refractivity contribution >= 4 is 22.6 Å². The Bertz CT molecular complexity index is 818. The van der Waals surface area contributed by atoms with Crippen molar-refractivity contribution in [1.29, 1.82) is 0 Å². The van der Waals surface area contributed by atoms with Crippen LogP contribution in [0.15, 0.2) is 30.3 Å². The molecule has 3 aliphatic rings. The average molecular weight is 336 g/mol. The number of hydrogen-bond donors (Lipinski definition) is 2. The van der Waals surface area contributed by atoms with Crippen LogP contribution in [0.1, 0.15) is 42.5 Å². The molecule has 2 saturated heterocycles.